The number of hydrazine groups is 1. The van der Waals surface area contributed by atoms with Crippen molar-refractivity contribution >= 4 is 29.1 Å². The Morgan fingerprint density at radius 3 is 2.21 bits per heavy atom. The molecule has 0 aliphatic carbocycles. The molecule has 0 fully saturated rings. The molecule has 2 rings (SSSR count). The van der Waals surface area contributed by atoms with Crippen molar-refractivity contribution in [1.82, 2.24) is 16.2 Å². The lowest BCUT2D eigenvalue weighted by atomic mass is 10.2. The maximum Gasteiger partial charge on any atom is 0.276 e. The third kappa shape index (κ3) is 7.12. The Morgan fingerprint density at radius 2 is 1.54 bits per heavy atom. The van der Waals surface area contributed by atoms with Gasteiger partial charge in [0.1, 0.15) is 5.75 Å². The van der Waals surface area contributed by atoms with Crippen molar-refractivity contribution in [3.05, 3.63) is 54.1 Å². The lowest BCUT2D eigenvalue weighted by molar-refractivity contribution is -0.124. The minimum Gasteiger partial charge on any atom is -0.493 e. The number of hydrogen-bond donors (Lipinski definition) is 3. The molecule has 0 aliphatic rings. The Balaban J connectivity index is 1.66. The summed E-state index contributed by atoms with van der Waals surface area (Å²) in [6.45, 7) is 1.48. The Morgan fingerprint density at radius 1 is 0.893 bits per heavy atom. The molecule has 0 aromatic heterocycles. The van der Waals surface area contributed by atoms with E-state index in [1.807, 2.05) is 19.1 Å². The fourth-order valence-corrected chi connectivity index (χ4v) is 2.19. The smallest absolute Gasteiger partial charge is 0.276 e. The maximum absolute atomic E-state index is 11.9. The number of carbonyl (C=O) groups excluding carboxylic acids is 2. The van der Waals surface area contributed by atoms with Gasteiger partial charge in [-0.25, -0.2) is 0 Å². The van der Waals surface area contributed by atoms with E-state index in [1.165, 1.54) is 7.11 Å². The lowest BCUT2D eigenvalue weighted by Gasteiger charge is -2.12. The van der Waals surface area contributed by atoms with Gasteiger partial charge in [0.25, 0.3) is 11.8 Å². The second-order valence-corrected chi connectivity index (χ2v) is 6.00. The Hall–Kier alpha value is -3.33. The van der Waals surface area contributed by atoms with E-state index in [2.05, 4.69) is 16.2 Å². The number of hydrogen-bond acceptors (Lipinski definition) is 6. The predicted octanol–water partition coefficient (Wildman–Crippen LogP) is 1.48. The topological polar surface area (TPSA) is 97.9 Å². The largest absolute Gasteiger partial charge is 0.493 e. The van der Waals surface area contributed by atoms with Crippen LogP contribution in [0.4, 0.5) is 0 Å². The molecule has 0 atom stereocenters. The van der Waals surface area contributed by atoms with E-state index in [0.717, 1.165) is 5.56 Å². The summed E-state index contributed by atoms with van der Waals surface area (Å²) in [5.41, 5.74) is 5.84. The van der Waals surface area contributed by atoms with Crippen molar-refractivity contribution in [1.29, 1.82) is 0 Å². The molecule has 0 saturated heterocycles. The Labute approximate surface area is 168 Å². The zero-order valence-electron chi connectivity index (χ0n) is 15.5. The Bertz CT molecular complexity index is 827. The van der Waals surface area contributed by atoms with E-state index in [9.17, 15) is 9.59 Å². The summed E-state index contributed by atoms with van der Waals surface area (Å²) in [6, 6.07) is 14.2. The summed E-state index contributed by atoms with van der Waals surface area (Å²) >= 11 is 4.94. The summed E-state index contributed by atoms with van der Waals surface area (Å²) < 4.78 is 15.8. The van der Waals surface area contributed by atoms with Crippen LogP contribution in [0.25, 0.3) is 0 Å². The number of rotatable bonds is 7. The summed E-state index contributed by atoms with van der Waals surface area (Å²) in [6.07, 6.45) is 0. The van der Waals surface area contributed by atoms with Crippen molar-refractivity contribution in [2.24, 2.45) is 0 Å². The number of para-hydroxylation sites is 2. The summed E-state index contributed by atoms with van der Waals surface area (Å²) in [5.74, 6) is 0.568. The van der Waals surface area contributed by atoms with Crippen LogP contribution >= 0.6 is 12.2 Å². The van der Waals surface area contributed by atoms with Crippen LogP contribution in [-0.4, -0.2) is 37.3 Å². The van der Waals surface area contributed by atoms with Crippen LogP contribution in [0.1, 0.15) is 5.56 Å². The van der Waals surface area contributed by atoms with Gasteiger partial charge in [-0.15, -0.1) is 0 Å². The van der Waals surface area contributed by atoms with E-state index in [0.29, 0.717) is 17.2 Å². The van der Waals surface area contributed by atoms with Crippen molar-refractivity contribution in [3.63, 3.8) is 0 Å². The van der Waals surface area contributed by atoms with Crippen LogP contribution in [0.3, 0.4) is 0 Å². The summed E-state index contributed by atoms with van der Waals surface area (Å²) in [4.78, 5) is 23.6. The normalized spacial score (nSPS) is 9.79. The number of amides is 2. The van der Waals surface area contributed by atoms with E-state index >= 15 is 0 Å². The first-order chi connectivity index (χ1) is 13.5. The van der Waals surface area contributed by atoms with Crippen molar-refractivity contribution in [3.8, 4) is 17.2 Å². The quantitative estimate of drug-likeness (QED) is 0.476. The maximum atomic E-state index is 11.9. The predicted molar refractivity (Wildman–Crippen MR) is 107 cm³/mol. The molecule has 2 aromatic rings. The molecule has 0 radical (unpaired) electrons. The van der Waals surface area contributed by atoms with Gasteiger partial charge in [-0.1, -0.05) is 29.8 Å². The lowest BCUT2D eigenvalue weighted by Crippen LogP contribution is -2.50. The highest BCUT2D eigenvalue weighted by molar-refractivity contribution is 7.80. The molecule has 3 N–H and O–H groups in total. The van der Waals surface area contributed by atoms with Crippen molar-refractivity contribution in [2.75, 3.05) is 20.3 Å². The van der Waals surface area contributed by atoms with E-state index in [-0.39, 0.29) is 18.3 Å². The molecule has 2 amide bonds. The van der Waals surface area contributed by atoms with Crippen LogP contribution < -0.4 is 30.4 Å². The van der Waals surface area contributed by atoms with Crippen LogP contribution in [0.5, 0.6) is 17.2 Å². The highest BCUT2D eigenvalue weighted by Crippen LogP contribution is 2.25. The third-order valence-electron chi connectivity index (χ3n) is 3.39. The minimum atomic E-state index is -0.492. The Kier molecular flexibility index (Phi) is 8.04. The third-order valence-corrected chi connectivity index (χ3v) is 3.59. The molecule has 28 heavy (non-hydrogen) atoms. The number of ether oxygens (including phenoxy) is 3. The molecular weight excluding hydrogens is 382 g/mol. The second-order valence-electron chi connectivity index (χ2n) is 5.59. The van der Waals surface area contributed by atoms with Crippen LogP contribution in [0.2, 0.25) is 0 Å². The van der Waals surface area contributed by atoms with Gasteiger partial charge < -0.3 is 14.2 Å². The molecule has 148 valence electrons. The van der Waals surface area contributed by atoms with Gasteiger partial charge in [-0.2, -0.15) is 0 Å². The zero-order valence-corrected chi connectivity index (χ0v) is 16.3. The van der Waals surface area contributed by atoms with Crippen LogP contribution in [-0.2, 0) is 9.59 Å². The minimum absolute atomic E-state index is 0.0719. The second kappa shape index (κ2) is 10.7. The summed E-state index contributed by atoms with van der Waals surface area (Å²) in [7, 11) is 1.51. The van der Waals surface area contributed by atoms with E-state index in [1.54, 1.807) is 36.4 Å². The molecule has 0 aliphatic heterocycles. The molecule has 0 heterocycles. The molecule has 0 spiro atoms. The van der Waals surface area contributed by atoms with E-state index < -0.39 is 11.8 Å². The van der Waals surface area contributed by atoms with Gasteiger partial charge in [0.2, 0.25) is 0 Å². The monoisotopic (exact) mass is 403 g/mol. The molecule has 0 saturated carbocycles. The van der Waals surface area contributed by atoms with Gasteiger partial charge in [-0.05, 0) is 43.4 Å². The van der Waals surface area contributed by atoms with Gasteiger partial charge in [0.15, 0.2) is 29.8 Å². The number of aryl methyl sites for hydroxylation is 1. The highest BCUT2D eigenvalue weighted by atomic mass is 32.1. The van der Waals surface area contributed by atoms with Crippen molar-refractivity contribution in [2.45, 2.75) is 6.92 Å². The number of carbonyl (C=O) groups is 2. The highest BCUT2D eigenvalue weighted by Gasteiger charge is 2.09. The fourth-order valence-electron chi connectivity index (χ4n) is 2.02. The van der Waals surface area contributed by atoms with Crippen LogP contribution in [0.15, 0.2) is 48.5 Å². The average Bonchev–Trinajstić information content (AvgIpc) is 2.70. The van der Waals surface area contributed by atoms with Gasteiger partial charge in [-0.3, -0.25) is 25.8 Å². The molecule has 2 aromatic carbocycles. The molecule has 9 heteroatoms. The SMILES string of the molecule is COc1ccccc1OCC(=O)NC(=S)NNC(=O)COc1ccc(C)cc1. The number of nitrogens with one attached hydrogen (secondary N) is 3. The van der Waals surface area contributed by atoms with Gasteiger partial charge in [0.05, 0.1) is 7.11 Å². The first-order valence-corrected chi connectivity index (χ1v) is 8.72. The molecule has 0 bridgehead atoms. The standard InChI is InChI=1S/C19H21N3O5S/c1-13-7-9-14(10-8-13)26-12-18(24)21-22-19(28)20-17(23)11-27-16-6-4-3-5-15(16)25-2/h3-10H,11-12H2,1-2H3,(H,21,24)(H2,20,22,23,28). The number of methoxy groups -OCH3 is 1. The molecule has 8 nitrogen and oxygen atoms in total. The molecular formula is C19H21N3O5S. The van der Waals surface area contributed by atoms with Crippen LogP contribution in [0, 0.1) is 6.92 Å². The first kappa shape index (κ1) is 21.0. The van der Waals surface area contributed by atoms with E-state index in [4.69, 9.17) is 26.4 Å². The summed E-state index contributed by atoms with van der Waals surface area (Å²) in [5, 5.41) is 2.31. The number of benzene rings is 2. The van der Waals surface area contributed by atoms with Gasteiger partial charge in [0, 0.05) is 0 Å². The van der Waals surface area contributed by atoms with Gasteiger partial charge >= 0.3 is 0 Å². The molecule has 0 unspecified atom stereocenters. The average molecular weight is 403 g/mol. The number of thiocarbonyl (C=S) groups is 1. The van der Waals surface area contributed by atoms with Crippen molar-refractivity contribution < 1.29 is 23.8 Å². The fraction of sp³-hybridized carbons (Fsp3) is 0.211. The zero-order chi connectivity index (χ0) is 20.4. The first-order valence-electron chi connectivity index (χ1n) is 8.32.